The molecule has 5 N–H and O–H groups in total. The van der Waals surface area contributed by atoms with Gasteiger partial charge in [-0.05, 0) is 68.8 Å². The molecular formula is C36H45N5O6. The van der Waals surface area contributed by atoms with E-state index in [0.717, 1.165) is 5.56 Å². The third-order valence-corrected chi connectivity index (χ3v) is 8.91. The number of nitrogens with two attached hydrogens (primary N) is 1. The molecule has 1 fully saturated rings. The standard InChI is InChI=1S/C36H45N5O6/c1-23-19-41(24(2)22-42)36(45)28-7-6-10-31(39-35(44)27-15-17-46-18-16-27)33(28)47-32(23)21-40(3)20-25-11-13-26(14-12-25)34(43)38-30-9-5-4-8-29(30)37/h4-14,23-24,27,32,42H,15-22,37H2,1-3H3,(H,38,43)(H,39,44)/t23-,24+,32+/m1/s1. The van der Waals surface area contributed by atoms with Crippen LogP contribution in [0.4, 0.5) is 17.1 Å². The number of carbonyl (C=O) groups excluding carboxylic acids is 3. The molecule has 3 amide bonds. The number of rotatable bonds is 10. The topological polar surface area (TPSA) is 146 Å². The predicted octanol–water partition coefficient (Wildman–Crippen LogP) is 4.24. The Kier molecular flexibility index (Phi) is 11.1. The molecular weight excluding hydrogens is 598 g/mol. The SMILES string of the molecule is C[C@@H]1CN([C@@H](C)CO)C(=O)c2cccc(NC(=O)C3CCOCC3)c2O[C@H]1CN(C)Cc1ccc(C(=O)Nc2ccccc2N)cc1. The molecule has 0 aromatic heterocycles. The molecule has 3 aromatic rings. The summed E-state index contributed by atoms with van der Waals surface area (Å²) >= 11 is 0. The fourth-order valence-corrected chi connectivity index (χ4v) is 6.00. The number of ether oxygens (including phenoxy) is 2. The molecule has 5 rings (SSSR count). The third kappa shape index (κ3) is 8.29. The third-order valence-electron chi connectivity index (χ3n) is 8.91. The highest BCUT2D eigenvalue weighted by molar-refractivity contribution is 6.05. The van der Waals surface area contributed by atoms with Gasteiger partial charge in [0.1, 0.15) is 6.10 Å². The summed E-state index contributed by atoms with van der Waals surface area (Å²) in [6, 6.07) is 19.4. The Morgan fingerprint density at radius 1 is 1.02 bits per heavy atom. The van der Waals surface area contributed by atoms with Crippen LogP contribution >= 0.6 is 0 Å². The second-order valence-electron chi connectivity index (χ2n) is 12.6. The van der Waals surface area contributed by atoms with E-state index >= 15 is 0 Å². The van der Waals surface area contributed by atoms with E-state index in [0.29, 0.717) is 79.6 Å². The lowest BCUT2D eigenvalue weighted by molar-refractivity contribution is -0.122. The van der Waals surface area contributed by atoms with Crippen LogP contribution in [0.2, 0.25) is 0 Å². The largest absolute Gasteiger partial charge is 0.486 e. The first-order valence-electron chi connectivity index (χ1n) is 16.2. The number of aliphatic hydroxyl groups is 1. The minimum Gasteiger partial charge on any atom is -0.486 e. The Balaban J connectivity index is 1.32. The number of nitrogens with one attached hydrogen (secondary N) is 2. The molecule has 0 saturated carbocycles. The second-order valence-corrected chi connectivity index (χ2v) is 12.6. The first kappa shape index (κ1) is 33.9. The zero-order valence-electron chi connectivity index (χ0n) is 27.3. The molecule has 47 heavy (non-hydrogen) atoms. The van der Waals surface area contributed by atoms with E-state index in [1.165, 1.54) is 0 Å². The van der Waals surface area contributed by atoms with Crippen molar-refractivity contribution in [3.8, 4) is 5.75 Å². The van der Waals surface area contributed by atoms with Crippen molar-refractivity contribution in [2.45, 2.75) is 45.4 Å². The van der Waals surface area contributed by atoms with Crippen molar-refractivity contribution in [2.75, 3.05) is 56.3 Å². The number of hydrogen-bond acceptors (Lipinski definition) is 8. The first-order chi connectivity index (χ1) is 22.6. The predicted molar refractivity (Wildman–Crippen MR) is 181 cm³/mol. The number of anilines is 3. The van der Waals surface area contributed by atoms with Gasteiger partial charge in [0, 0.05) is 50.2 Å². The Bertz CT molecular complexity index is 1560. The first-order valence-corrected chi connectivity index (χ1v) is 16.2. The van der Waals surface area contributed by atoms with Crippen LogP contribution in [0, 0.1) is 11.8 Å². The molecule has 2 aliphatic rings. The van der Waals surface area contributed by atoms with E-state index in [4.69, 9.17) is 15.2 Å². The summed E-state index contributed by atoms with van der Waals surface area (Å²) in [6.45, 7) is 6.27. The normalized spacial score (nSPS) is 19.3. The fourth-order valence-electron chi connectivity index (χ4n) is 6.00. The zero-order chi connectivity index (χ0) is 33.5. The average molecular weight is 644 g/mol. The van der Waals surface area contributed by atoms with Crippen LogP contribution in [0.15, 0.2) is 66.7 Å². The number of aliphatic hydroxyl groups excluding tert-OH is 1. The van der Waals surface area contributed by atoms with Crippen LogP contribution in [0.5, 0.6) is 5.75 Å². The Labute approximate surface area is 276 Å². The molecule has 250 valence electrons. The summed E-state index contributed by atoms with van der Waals surface area (Å²) in [5.41, 5.74) is 9.37. The van der Waals surface area contributed by atoms with Gasteiger partial charge in [-0.2, -0.15) is 0 Å². The van der Waals surface area contributed by atoms with Crippen LogP contribution in [0.25, 0.3) is 0 Å². The highest BCUT2D eigenvalue weighted by Gasteiger charge is 2.35. The Morgan fingerprint density at radius 3 is 2.43 bits per heavy atom. The number of fused-ring (bicyclic) bond motifs is 1. The second kappa shape index (κ2) is 15.4. The maximum atomic E-state index is 13.8. The number of para-hydroxylation sites is 3. The lowest BCUT2D eigenvalue weighted by Crippen LogP contribution is -2.49. The van der Waals surface area contributed by atoms with E-state index in [1.54, 1.807) is 47.4 Å². The van der Waals surface area contributed by atoms with Gasteiger partial charge < -0.3 is 35.8 Å². The number of amides is 3. The molecule has 0 aliphatic carbocycles. The number of hydrogen-bond donors (Lipinski definition) is 4. The van der Waals surface area contributed by atoms with Crippen molar-refractivity contribution in [1.29, 1.82) is 0 Å². The van der Waals surface area contributed by atoms with Crippen LogP contribution in [0.1, 0.15) is 53.0 Å². The Hall–Kier alpha value is -4.45. The number of benzene rings is 3. The Morgan fingerprint density at radius 2 is 1.72 bits per heavy atom. The van der Waals surface area contributed by atoms with Gasteiger partial charge in [0.15, 0.2) is 5.75 Å². The van der Waals surface area contributed by atoms with Crippen molar-refractivity contribution < 1.29 is 29.0 Å². The molecule has 3 aromatic carbocycles. The van der Waals surface area contributed by atoms with E-state index in [-0.39, 0.29) is 42.3 Å². The van der Waals surface area contributed by atoms with Gasteiger partial charge in [0.05, 0.1) is 35.3 Å². The summed E-state index contributed by atoms with van der Waals surface area (Å²) < 4.78 is 12.1. The molecule has 3 atom stereocenters. The highest BCUT2D eigenvalue weighted by atomic mass is 16.5. The van der Waals surface area contributed by atoms with E-state index < -0.39 is 6.04 Å². The molecule has 0 spiro atoms. The smallest absolute Gasteiger partial charge is 0.258 e. The van der Waals surface area contributed by atoms with Gasteiger partial charge in [-0.1, -0.05) is 37.3 Å². The van der Waals surface area contributed by atoms with Crippen LogP contribution in [-0.2, 0) is 16.1 Å². The number of nitrogen functional groups attached to an aromatic ring is 1. The summed E-state index contributed by atoms with van der Waals surface area (Å²) in [7, 11) is 1.99. The maximum absolute atomic E-state index is 13.8. The van der Waals surface area contributed by atoms with Crippen molar-refractivity contribution in [3.05, 3.63) is 83.4 Å². The minimum atomic E-state index is -0.399. The van der Waals surface area contributed by atoms with E-state index in [9.17, 15) is 19.5 Å². The van der Waals surface area contributed by atoms with Crippen LogP contribution in [0.3, 0.4) is 0 Å². The molecule has 11 heteroatoms. The number of nitrogens with zero attached hydrogens (tertiary/aromatic N) is 2. The van der Waals surface area contributed by atoms with Crippen LogP contribution < -0.4 is 21.1 Å². The van der Waals surface area contributed by atoms with Crippen molar-refractivity contribution in [2.24, 2.45) is 11.8 Å². The molecule has 1 saturated heterocycles. The van der Waals surface area contributed by atoms with Crippen molar-refractivity contribution >= 4 is 34.8 Å². The molecule has 0 bridgehead atoms. The molecule has 0 unspecified atom stereocenters. The van der Waals surface area contributed by atoms with Gasteiger partial charge >= 0.3 is 0 Å². The summed E-state index contributed by atoms with van der Waals surface area (Å²) in [4.78, 5) is 43.6. The van der Waals surface area contributed by atoms with Gasteiger partial charge in [0.2, 0.25) is 5.91 Å². The molecule has 0 radical (unpaired) electrons. The fraction of sp³-hybridized carbons (Fsp3) is 0.417. The average Bonchev–Trinajstić information content (AvgIpc) is 3.08. The van der Waals surface area contributed by atoms with Crippen molar-refractivity contribution in [1.82, 2.24) is 9.80 Å². The van der Waals surface area contributed by atoms with Crippen LogP contribution in [-0.4, -0.2) is 84.7 Å². The number of likely N-dealkylation sites (N-methyl/N-ethyl adjacent to an activating group) is 1. The monoisotopic (exact) mass is 643 g/mol. The summed E-state index contributed by atoms with van der Waals surface area (Å²) in [5, 5.41) is 15.9. The van der Waals surface area contributed by atoms with Crippen molar-refractivity contribution in [3.63, 3.8) is 0 Å². The quantitative estimate of drug-likeness (QED) is 0.240. The lowest BCUT2D eigenvalue weighted by atomic mass is 9.98. The molecule has 2 heterocycles. The highest BCUT2D eigenvalue weighted by Crippen LogP contribution is 2.35. The zero-order valence-corrected chi connectivity index (χ0v) is 27.3. The maximum Gasteiger partial charge on any atom is 0.258 e. The van der Waals surface area contributed by atoms with Gasteiger partial charge in [-0.15, -0.1) is 0 Å². The molecule has 2 aliphatic heterocycles. The van der Waals surface area contributed by atoms with Gasteiger partial charge in [0.25, 0.3) is 11.8 Å². The minimum absolute atomic E-state index is 0.0979. The van der Waals surface area contributed by atoms with Gasteiger partial charge in [-0.3, -0.25) is 19.3 Å². The number of carbonyl (C=O) groups is 3. The van der Waals surface area contributed by atoms with Gasteiger partial charge in [-0.25, -0.2) is 0 Å². The molecule has 11 nitrogen and oxygen atoms in total. The summed E-state index contributed by atoms with van der Waals surface area (Å²) in [5.74, 6) is -0.543. The summed E-state index contributed by atoms with van der Waals surface area (Å²) in [6.07, 6.45) is 0.934. The lowest BCUT2D eigenvalue weighted by Gasteiger charge is -2.38. The van der Waals surface area contributed by atoms with E-state index in [1.807, 2.05) is 45.2 Å². The van der Waals surface area contributed by atoms with E-state index in [2.05, 4.69) is 15.5 Å².